The van der Waals surface area contributed by atoms with E-state index in [9.17, 15) is 14.4 Å². The van der Waals surface area contributed by atoms with Gasteiger partial charge >= 0.3 is 18.0 Å². The summed E-state index contributed by atoms with van der Waals surface area (Å²) >= 11 is 0. The Balaban J connectivity index is 2.03. The molecule has 0 saturated carbocycles. The summed E-state index contributed by atoms with van der Waals surface area (Å²) in [6, 6.07) is 3.79. The van der Waals surface area contributed by atoms with E-state index < -0.39 is 24.1 Å². The molecule has 3 rings (SSSR count). The summed E-state index contributed by atoms with van der Waals surface area (Å²) in [5.41, 5.74) is 2.16. The quantitative estimate of drug-likeness (QED) is 0.534. The van der Waals surface area contributed by atoms with Crippen molar-refractivity contribution in [2.45, 2.75) is 38.5 Å². The van der Waals surface area contributed by atoms with Gasteiger partial charge in [0.25, 0.3) is 0 Å². The van der Waals surface area contributed by atoms with Crippen LogP contribution in [0.15, 0.2) is 29.5 Å². The van der Waals surface area contributed by atoms with Crippen molar-refractivity contribution >= 4 is 18.0 Å². The Morgan fingerprint density at radius 2 is 2.00 bits per heavy atom. The van der Waals surface area contributed by atoms with E-state index in [1.54, 1.807) is 33.3 Å². The van der Waals surface area contributed by atoms with E-state index in [1.807, 2.05) is 11.0 Å². The number of benzene rings is 1. The molecule has 0 spiro atoms. The Hall–Kier alpha value is -3.11. The number of rotatable bonds is 9. The zero-order valence-electron chi connectivity index (χ0n) is 19.4. The Bertz CT molecular complexity index is 931. The minimum atomic E-state index is -0.742. The first-order chi connectivity index (χ1) is 15.9. The highest BCUT2D eigenvalue weighted by Gasteiger charge is 2.38. The van der Waals surface area contributed by atoms with Crippen molar-refractivity contribution in [2.75, 3.05) is 41.0 Å². The molecule has 0 aromatic heterocycles. The summed E-state index contributed by atoms with van der Waals surface area (Å²) in [7, 11) is 4.50. The van der Waals surface area contributed by atoms with Gasteiger partial charge in [-0.15, -0.1) is 0 Å². The molecule has 10 heteroatoms. The van der Waals surface area contributed by atoms with Gasteiger partial charge in [-0.25, -0.2) is 9.59 Å². The van der Waals surface area contributed by atoms with Crippen LogP contribution in [0.5, 0.6) is 5.75 Å². The number of ether oxygens (including phenoxy) is 4. The third kappa shape index (κ3) is 5.45. The SMILES string of the molecule is CCOC(=O)C1=C(CN2CCCC2C(=O)OC)NC(=O)NC1c1ccc(OC)c(COC)c1. The van der Waals surface area contributed by atoms with Crippen molar-refractivity contribution < 1.29 is 33.3 Å². The molecule has 2 aliphatic rings. The molecular weight excluding hydrogens is 430 g/mol. The number of carbonyl (C=O) groups is 3. The van der Waals surface area contributed by atoms with Crippen LogP contribution in [0.25, 0.3) is 0 Å². The second-order valence-corrected chi connectivity index (χ2v) is 7.80. The van der Waals surface area contributed by atoms with Crippen molar-refractivity contribution in [1.82, 2.24) is 15.5 Å². The smallest absolute Gasteiger partial charge is 0.338 e. The van der Waals surface area contributed by atoms with Gasteiger partial charge in [0.05, 0.1) is 39.0 Å². The second kappa shape index (κ2) is 11.2. The molecule has 10 nitrogen and oxygen atoms in total. The van der Waals surface area contributed by atoms with Crippen LogP contribution in [-0.2, 0) is 30.4 Å². The van der Waals surface area contributed by atoms with E-state index in [2.05, 4.69) is 10.6 Å². The number of nitrogens with one attached hydrogen (secondary N) is 2. The van der Waals surface area contributed by atoms with Crippen LogP contribution in [0.1, 0.15) is 36.9 Å². The maximum atomic E-state index is 13.0. The van der Waals surface area contributed by atoms with Crippen LogP contribution in [0.4, 0.5) is 4.79 Å². The number of likely N-dealkylation sites (tertiary alicyclic amines) is 1. The second-order valence-electron chi connectivity index (χ2n) is 7.80. The van der Waals surface area contributed by atoms with Crippen LogP contribution in [0, 0.1) is 0 Å². The zero-order valence-corrected chi connectivity index (χ0v) is 19.4. The lowest BCUT2D eigenvalue weighted by Gasteiger charge is -2.32. The van der Waals surface area contributed by atoms with Crippen LogP contribution in [0.2, 0.25) is 0 Å². The van der Waals surface area contributed by atoms with Gasteiger partial charge < -0.3 is 29.6 Å². The number of hydrogen-bond donors (Lipinski definition) is 2. The number of urea groups is 1. The van der Waals surface area contributed by atoms with E-state index in [0.717, 1.165) is 12.0 Å². The van der Waals surface area contributed by atoms with Gasteiger partial charge in [-0.2, -0.15) is 0 Å². The topological polar surface area (TPSA) is 115 Å². The van der Waals surface area contributed by atoms with Gasteiger partial charge in [0.15, 0.2) is 0 Å². The fourth-order valence-corrected chi connectivity index (χ4v) is 4.31. The first kappa shape index (κ1) is 24.5. The summed E-state index contributed by atoms with van der Waals surface area (Å²) in [6.45, 7) is 3.06. The molecule has 2 heterocycles. The third-order valence-electron chi connectivity index (χ3n) is 5.78. The Morgan fingerprint density at radius 1 is 1.21 bits per heavy atom. The first-order valence-corrected chi connectivity index (χ1v) is 10.9. The van der Waals surface area contributed by atoms with E-state index >= 15 is 0 Å². The summed E-state index contributed by atoms with van der Waals surface area (Å²) in [6.07, 6.45) is 1.47. The molecule has 1 fully saturated rings. The average Bonchev–Trinajstić information content (AvgIpc) is 3.26. The Labute approximate surface area is 193 Å². The van der Waals surface area contributed by atoms with E-state index in [4.69, 9.17) is 18.9 Å². The van der Waals surface area contributed by atoms with Crippen LogP contribution in [0.3, 0.4) is 0 Å². The molecule has 0 radical (unpaired) electrons. The summed E-state index contributed by atoms with van der Waals surface area (Å²) < 4.78 is 20.9. The molecule has 1 aromatic rings. The molecule has 0 bridgehead atoms. The number of nitrogens with zero attached hydrogens (tertiary/aromatic N) is 1. The van der Waals surface area contributed by atoms with Gasteiger partial charge in [0.1, 0.15) is 11.8 Å². The molecule has 2 unspecified atom stereocenters. The number of carbonyl (C=O) groups excluding carboxylic acids is 3. The molecule has 2 atom stereocenters. The lowest BCUT2D eigenvalue weighted by molar-refractivity contribution is -0.145. The molecule has 0 aliphatic carbocycles. The van der Waals surface area contributed by atoms with Crippen LogP contribution in [-0.4, -0.2) is 69.9 Å². The highest BCUT2D eigenvalue weighted by Crippen LogP contribution is 2.32. The monoisotopic (exact) mass is 461 g/mol. The van der Waals surface area contributed by atoms with Crippen molar-refractivity contribution in [3.8, 4) is 5.75 Å². The third-order valence-corrected chi connectivity index (χ3v) is 5.78. The first-order valence-electron chi connectivity index (χ1n) is 10.9. The largest absolute Gasteiger partial charge is 0.496 e. The minimum Gasteiger partial charge on any atom is -0.496 e. The standard InChI is InChI=1S/C23H31N3O7/c1-5-33-22(28)19-16(12-26-10-6-7-17(26)21(27)32-4)24-23(29)25-20(19)14-8-9-18(31-3)15(11-14)13-30-2/h8-9,11,17,20H,5-7,10,12-13H2,1-4H3,(H2,24,25,29). The minimum absolute atomic E-state index is 0.183. The lowest BCUT2D eigenvalue weighted by atomic mass is 9.93. The molecular formula is C23H31N3O7. The molecule has 33 heavy (non-hydrogen) atoms. The van der Waals surface area contributed by atoms with Crippen LogP contribution < -0.4 is 15.4 Å². The van der Waals surface area contributed by atoms with E-state index in [1.165, 1.54) is 7.11 Å². The van der Waals surface area contributed by atoms with Gasteiger partial charge in [-0.1, -0.05) is 6.07 Å². The maximum absolute atomic E-state index is 13.0. The van der Waals surface area contributed by atoms with Gasteiger partial charge in [0.2, 0.25) is 0 Å². The lowest BCUT2D eigenvalue weighted by Crippen LogP contribution is -2.49. The van der Waals surface area contributed by atoms with Crippen molar-refractivity contribution in [1.29, 1.82) is 0 Å². The zero-order chi connectivity index (χ0) is 24.0. The molecule has 1 saturated heterocycles. The molecule has 180 valence electrons. The van der Waals surface area contributed by atoms with E-state index in [-0.39, 0.29) is 19.1 Å². The number of hydrogen-bond acceptors (Lipinski definition) is 8. The molecule has 2 amide bonds. The van der Waals surface area contributed by atoms with Crippen molar-refractivity contribution in [3.63, 3.8) is 0 Å². The summed E-state index contributed by atoms with van der Waals surface area (Å²) in [4.78, 5) is 39.8. The fraction of sp³-hybridized carbons (Fsp3) is 0.522. The Kier molecular flexibility index (Phi) is 8.29. The summed E-state index contributed by atoms with van der Waals surface area (Å²) in [5.74, 6) is -0.231. The molecule has 1 aromatic carbocycles. The number of amides is 2. The maximum Gasteiger partial charge on any atom is 0.338 e. The number of esters is 2. The normalized spacial score (nSPS) is 20.8. The predicted molar refractivity (Wildman–Crippen MR) is 118 cm³/mol. The van der Waals surface area contributed by atoms with Gasteiger partial charge in [-0.3, -0.25) is 9.69 Å². The number of methoxy groups -OCH3 is 3. The highest BCUT2D eigenvalue weighted by molar-refractivity contribution is 5.95. The predicted octanol–water partition coefficient (Wildman–Crippen LogP) is 1.65. The summed E-state index contributed by atoms with van der Waals surface area (Å²) in [5, 5.41) is 5.59. The average molecular weight is 462 g/mol. The van der Waals surface area contributed by atoms with Crippen molar-refractivity contribution in [3.05, 3.63) is 40.6 Å². The van der Waals surface area contributed by atoms with Crippen LogP contribution >= 0.6 is 0 Å². The van der Waals surface area contributed by atoms with Crippen molar-refractivity contribution in [2.24, 2.45) is 0 Å². The highest BCUT2D eigenvalue weighted by atomic mass is 16.5. The molecule has 2 N–H and O–H groups in total. The fourth-order valence-electron chi connectivity index (χ4n) is 4.31. The van der Waals surface area contributed by atoms with E-state index in [0.29, 0.717) is 42.2 Å². The Morgan fingerprint density at radius 3 is 2.67 bits per heavy atom. The van der Waals surface area contributed by atoms with Gasteiger partial charge in [0, 0.05) is 24.9 Å². The van der Waals surface area contributed by atoms with Gasteiger partial charge in [-0.05, 0) is 44.0 Å². The molecule has 2 aliphatic heterocycles.